The molecule has 18 heavy (non-hydrogen) atoms. The van der Waals surface area contributed by atoms with Crippen molar-refractivity contribution in [2.75, 3.05) is 13.1 Å². The molecule has 0 aromatic heterocycles. The quantitative estimate of drug-likeness (QED) is 0.758. The molecular formula is C15H30N2O. The first-order valence-electron chi connectivity index (χ1n) is 7.38. The fourth-order valence-corrected chi connectivity index (χ4v) is 2.67. The van der Waals surface area contributed by atoms with E-state index in [1.807, 2.05) is 0 Å². The molecule has 1 fully saturated rings. The molecule has 0 spiro atoms. The van der Waals surface area contributed by atoms with Gasteiger partial charge in [-0.1, -0.05) is 46.5 Å². The highest BCUT2D eigenvalue weighted by Crippen LogP contribution is 2.34. The number of carbonyl (C=O) groups is 1. The summed E-state index contributed by atoms with van der Waals surface area (Å²) in [5.74, 6) is 0.191. The lowest BCUT2D eigenvalue weighted by Gasteiger charge is -2.30. The van der Waals surface area contributed by atoms with Crippen LogP contribution in [0.2, 0.25) is 0 Å². The van der Waals surface area contributed by atoms with Crippen LogP contribution in [-0.2, 0) is 4.79 Å². The normalized spacial score (nSPS) is 20.2. The Hall–Kier alpha value is -0.570. The number of rotatable bonds is 4. The summed E-state index contributed by atoms with van der Waals surface area (Å²) in [6.07, 6.45) is 7.72. The lowest BCUT2D eigenvalue weighted by molar-refractivity contribution is -0.131. The van der Waals surface area contributed by atoms with E-state index < -0.39 is 0 Å². The number of nitrogens with two attached hydrogens (primary N) is 1. The molecule has 0 radical (unpaired) electrons. The van der Waals surface area contributed by atoms with E-state index in [0.29, 0.717) is 6.54 Å². The summed E-state index contributed by atoms with van der Waals surface area (Å²) in [5.41, 5.74) is 5.89. The molecule has 3 heteroatoms. The van der Waals surface area contributed by atoms with Gasteiger partial charge in [-0.3, -0.25) is 4.79 Å². The fraction of sp³-hybridized carbons (Fsp3) is 0.933. The van der Waals surface area contributed by atoms with Gasteiger partial charge in [0.05, 0.1) is 5.41 Å². The van der Waals surface area contributed by atoms with Crippen molar-refractivity contribution >= 4 is 5.91 Å². The van der Waals surface area contributed by atoms with Gasteiger partial charge in [0.1, 0.15) is 0 Å². The fourth-order valence-electron chi connectivity index (χ4n) is 2.67. The minimum atomic E-state index is -0.283. The van der Waals surface area contributed by atoms with Crippen LogP contribution >= 0.6 is 0 Å². The van der Waals surface area contributed by atoms with E-state index >= 15 is 0 Å². The average molecular weight is 254 g/mol. The van der Waals surface area contributed by atoms with Crippen molar-refractivity contribution in [3.8, 4) is 0 Å². The van der Waals surface area contributed by atoms with E-state index in [1.165, 1.54) is 12.8 Å². The van der Waals surface area contributed by atoms with Gasteiger partial charge in [0.2, 0.25) is 5.91 Å². The third kappa shape index (κ3) is 4.60. The second-order valence-corrected chi connectivity index (χ2v) is 6.97. The molecule has 0 unspecified atom stereocenters. The van der Waals surface area contributed by atoms with E-state index in [0.717, 1.165) is 38.6 Å². The molecule has 1 aliphatic carbocycles. The summed E-state index contributed by atoms with van der Waals surface area (Å²) in [7, 11) is 0. The summed E-state index contributed by atoms with van der Waals surface area (Å²) in [6, 6.07) is 0. The highest BCUT2D eigenvalue weighted by Gasteiger charge is 2.36. The zero-order valence-electron chi connectivity index (χ0n) is 12.3. The predicted octanol–water partition coefficient (Wildman–Crippen LogP) is 2.84. The minimum absolute atomic E-state index is 0.191. The number of carbonyl (C=O) groups excluding carboxylic acids is 1. The molecule has 3 N–H and O–H groups in total. The Morgan fingerprint density at radius 3 is 2.17 bits per heavy atom. The third-order valence-corrected chi connectivity index (χ3v) is 4.09. The van der Waals surface area contributed by atoms with E-state index in [9.17, 15) is 4.79 Å². The maximum Gasteiger partial charge on any atom is 0.227 e. The molecule has 0 heterocycles. The summed E-state index contributed by atoms with van der Waals surface area (Å²) < 4.78 is 0. The van der Waals surface area contributed by atoms with Crippen molar-refractivity contribution in [3.63, 3.8) is 0 Å². The van der Waals surface area contributed by atoms with Crippen molar-refractivity contribution in [3.05, 3.63) is 0 Å². The monoisotopic (exact) mass is 254 g/mol. The summed E-state index contributed by atoms with van der Waals surface area (Å²) in [6.45, 7) is 7.86. The number of nitrogens with one attached hydrogen (secondary N) is 1. The molecule has 1 aliphatic rings. The van der Waals surface area contributed by atoms with Crippen molar-refractivity contribution in [2.24, 2.45) is 16.6 Å². The molecule has 1 amide bonds. The van der Waals surface area contributed by atoms with Gasteiger partial charge < -0.3 is 11.1 Å². The van der Waals surface area contributed by atoms with Gasteiger partial charge in [-0.25, -0.2) is 0 Å². The van der Waals surface area contributed by atoms with Crippen LogP contribution in [-0.4, -0.2) is 19.0 Å². The van der Waals surface area contributed by atoms with Gasteiger partial charge in [-0.05, 0) is 24.7 Å². The zero-order chi connectivity index (χ0) is 13.6. The van der Waals surface area contributed by atoms with Crippen LogP contribution in [0.5, 0.6) is 0 Å². The number of amides is 1. The van der Waals surface area contributed by atoms with E-state index in [4.69, 9.17) is 5.73 Å². The first-order valence-corrected chi connectivity index (χ1v) is 7.38. The molecule has 0 atom stereocenters. The lowest BCUT2D eigenvalue weighted by Crippen LogP contribution is -2.46. The first-order chi connectivity index (χ1) is 8.40. The first kappa shape index (κ1) is 15.5. The average Bonchev–Trinajstić information content (AvgIpc) is 2.53. The SMILES string of the molecule is CC(C)(C)CCNC(=O)C1(CN)CCCCCC1. The Labute approximate surface area is 112 Å². The van der Waals surface area contributed by atoms with Gasteiger partial charge in [-0.2, -0.15) is 0 Å². The van der Waals surface area contributed by atoms with Gasteiger partial charge in [0, 0.05) is 13.1 Å². The minimum Gasteiger partial charge on any atom is -0.356 e. The van der Waals surface area contributed by atoms with Gasteiger partial charge in [0.15, 0.2) is 0 Å². The predicted molar refractivity (Wildman–Crippen MR) is 76.3 cm³/mol. The van der Waals surface area contributed by atoms with Crippen molar-refractivity contribution in [1.82, 2.24) is 5.32 Å². The Bertz CT molecular complexity index is 260. The smallest absolute Gasteiger partial charge is 0.227 e. The summed E-state index contributed by atoms with van der Waals surface area (Å²) in [5, 5.41) is 3.11. The molecule has 0 aromatic rings. The maximum atomic E-state index is 12.4. The number of hydrogen-bond acceptors (Lipinski definition) is 2. The molecule has 3 nitrogen and oxygen atoms in total. The topological polar surface area (TPSA) is 55.1 Å². The van der Waals surface area contributed by atoms with Crippen LogP contribution in [0.4, 0.5) is 0 Å². The van der Waals surface area contributed by atoms with Gasteiger partial charge in [-0.15, -0.1) is 0 Å². The van der Waals surface area contributed by atoms with E-state index in [1.54, 1.807) is 0 Å². The zero-order valence-corrected chi connectivity index (χ0v) is 12.3. The van der Waals surface area contributed by atoms with Gasteiger partial charge >= 0.3 is 0 Å². The standard InChI is InChI=1S/C15H30N2O/c1-14(2,3)10-11-17-13(18)15(12-16)8-6-4-5-7-9-15/h4-12,16H2,1-3H3,(H,17,18). The molecule has 0 bridgehead atoms. The Morgan fingerprint density at radius 1 is 1.17 bits per heavy atom. The molecule has 0 aromatic carbocycles. The number of hydrogen-bond donors (Lipinski definition) is 2. The summed E-state index contributed by atoms with van der Waals surface area (Å²) >= 11 is 0. The molecule has 1 saturated carbocycles. The molecular weight excluding hydrogens is 224 g/mol. The highest BCUT2D eigenvalue weighted by atomic mass is 16.2. The largest absolute Gasteiger partial charge is 0.356 e. The van der Waals surface area contributed by atoms with Gasteiger partial charge in [0.25, 0.3) is 0 Å². The van der Waals surface area contributed by atoms with Crippen molar-refractivity contribution < 1.29 is 4.79 Å². The second-order valence-electron chi connectivity index (χ2n) is 6.97. The van der Waals surface area contributed by atoms with Crippen LogP contribution < -0.4 is 11.1 Å². The van der Waals surface area contributed by atoms with E-state index in [-0.39, 0.29) is 16.7 Å². The van der Waals surface area contributed by atoms with Crippen LogP contribution in [0.25, 0.3) is 0 Å². The van der Waals surface area contributed by atoms with Crippen LogP contribution in [0, 0.1) is 10.8 Å². The lowest BCUT2D eigenvalue weighted by atomic mass is 9.79. The molecule has 0 saturated heterocycles. The highest BCUT2D eigenvalue weighted by molar-refractivity contribution is 5.82. The molecule has 1 rings (SSSR count). The van der Waals surface area contributed by atoms with Crippen molar-refractivity contribution in [1.29, 1.82) is 0 Å². The van der Waals surface area contributed by atoms with Crippen LogP contribution in [0.3, 0.4) is 0 Å². The van der Waals surface area contributed by atoms with Crippen LogP contribution in [0.15, 0.2) is 0 Å². The van der Waals surface area contributed by atoms with Crippen molar-refractivity contribution in [2.45, 2.75) is 65.7 Å². The van der Waals surface area contributed by atoms with Crippen LogP contribution in [0.1, 0.15) is 65.7 Å². The Morgan fingerprint density at radius 2 is 1.72 bits per heavy atom. The Balaban J connectivity index is 2.50. The molecule has 106 valence electrons. The Kier molecular flexibility index (Phi) is 5.64. The second kappa shape index (κ2) is 6.55. The van der Waals surface area contributed by atoms with E-state index in [2.05, 4.69) is 26.1 Å². The summed E-state index contributed by atoms with van der Waals surface area (Å²) in [4.78, 5) is 12.4. The molecule has 0 aliphatic heterocycles. The maximum absolute atomic E-state index is 12.4. The third-order valence-electron chi connectivity index (χ3n) is 4.09.